The van der Waals surface area contributed by atoms with E-state index in [0.717, 1.165) is 0 Å². The molecule has 0 atom stereocenters. The van der Waals surface area contributed by atoms with Crippen LogP contribution in [0.4, 0.5) is 14.5 Å². The highest BCUT2D eigenvalue weighted by atomic mass is 35.5. The summed E-state index contributed by atoms with van der Waals surface area (Å²) in [6, 6.07) is 5.78. The maximum atomic E-state index is 12.4. The first-order chi connectivity index (χ1) is 10.1. The Morgan fingerprint density at radius 2 is 1.91 bits per heavy atom. The summed E-state index contributed by atoms with van der Waals surface area (Å²) in [4.78, 5) is 12.4. The Morgan fingerprint density at radius 1 is 1.32 bits per heavy atom. The number of rotatable bonds is 5. The first-order valence-corrected chi connectivity index (χ1v) is 6.70. The van der Waals surface area contributed by atoms with Crippen LogP contribution < -0.4 is 15.8 Å². The SMILES string of the molecule is Cl.NCC1(C(=O)Nc2ccc(OC(F)F)cc2)CCOCC1. The fourth-order valence-electron chi connectivity index (χ4n) is 2.27. The van der Waals surface area contributed by atoms with E-state index in [-0.39, 0.29) is 30.6 Å². The molecular formula is C14H19ClF2N2O3. The van der Waals surface area contributed by atoms with E-state index in [1.165, 1.54) is 24.3 Å². The van der Waals surface area contributed by atoms with E-state index in [0.29, 0.717) is 31.7 Å². The number of amides is 1. The second kappa shape index (κ2) is 8.26. The summed E-state index contributed by atoms with van der Waals surface area (Å²) in [5.41, 5.74) is 5.64. The van der Waals surface area contributed by atoms with Crippen molar-refractivity contribution in [2.24, 2.45) is 11.1 Å². The Kier molecular flexibility index (Phi) is 6.99. The molecule has 0 saturated carbocycles. The van der Waals surface area contributed by atoms with Gasteiger partial charge >= 0.3 is 6.61 Å². The van der Waals surface area contributed by atoms with Gasteiger partial charge in [-0.1, -0.05) is 0 Å². The van der Waals surface area contributed by atoms with Crippen LogP contribution >= 0.6 is 12.4 Å². The van der Waals surface area contributed by atoms with Crippen LogP contribution in [0, 0.1) is 5.41 Å². The molecule has 1 aliphatic heterocycles. The molecule has 1 heterocycles. The van der Waals surface area contributed by atoms with Gasteiger partial charge in [0, 0.05) is 25.4 Å². The topological polar surface area (TPSA) is 73.6 Å². The number of nitrogens with one attached hydrogen (secondary N) is 1. The molecule has 8 heteroatoms. The lowest BCUT2D eigenvalue weighted by Crippen LogP contribution is -2.46. The van der Waals surface area contributed by atoms with Gasteiger partial charge in [0.25, 0.3) is 0 Å². The fourth-order valence-corrected chi connectivity index (χ4v) is 2.27. The van der Waals surface area contributed by atoms with Gasteiger partial charge in [-0.3, -0.25) is 4.79 Å². The van der Waals surface area contributed by atoms with Gasteiger partial charge in [-0.25, -0.2) is 0 Å². The maximum Gasteiger partial charge on any atom is 0.387 e. The van der Waals surface area contributed by atoms with Gasteiger partial charge in [0.15, 0.2) is 0 Å². The molecule has 1 fully saturated rings. The molecule has 0 radical (unpaired) electrons. The van der Waals surface area contributed by atoms with Crippen molar-refractivity contribution < 1.29 is 23.0 Å². The first kappa shape index (κ1) is 18.6. The number of halogens is 3. The number of benzene rings is 1. The van der Waals surface area contributed by atoms with Crippen LogP contribution in [0.25, 0.3) is 0 Å². The third kappa shape index (κ3) is 4.53. The molecule has 0 aliphatic carbocycles. The molecule has 1 saturated heterocycles. The smallest absolute Gasteiger partial charge is 0.387 e. The van der Waals surface area contributed by atoms with Gasteiger partial charge in [0.05, 0.1) is 5.41 Å². The van der Waals surface area contributed by atoms with Crippen molar-refractivity contribution in [3.8, 4) is 5.75 Å². The van der Waals surface area contributed by atoms with Crippen molar-refractivity contribution in [2.45, 2.75) is 19.5 Å². The van der Waals surface area contributed by atoms with Crippen molar-refractivity contribution in [3.05, 3.63) is 24.3 Å². The van der Waals surface area contributed by atoms with E-state index in [2.05, 4.69) is 10.1 Å². The minimum absolute atomic E-state index is 0. The predicted octanol–water partition coefficient (Wildman–Crippen LogP) is 2.40. The third-order valence-electron chi connectivity index (χ3n) is 3.66. The molecule has 2 rings (SSSR count). The van der Waals surface area contributed by atoms with Gasteiger partial charge in [-0.05, 0) is 37.1 Å². The zero-order valence-electron chi connectivity index (χ0n) is 11.9. The van der Waals surface area contributed by atoms with Crippen LogP contribution in [-0.4, -0.2) is 32.3 Å². The van der Waals surface area contributed by atoms with E-state index in [1.54, 1.807) is 0 Å². The normalized spacial score (nSPS) is 16.7. The quantitative estimate of drug-likeness (QED) is 0.866. The van der Waals surface area contributed by atoms with Crippen LogP contribution in [0.1, 0.15) is 12.8 Å². The Morgan fingerprint density at radius 3 is 2.41 bits per heavy atom. The number of ether oxygens (including phenoxy) is 2. The summed E-state index contributed by atoms with van der Waals surface area (Å²) in [6.07, 6.45) is 1.14. The monoisotopic (exact) mass is 336 g/mol. The number of hydrogen-bond acceptors (Lipinski definition) is 4. The highest BCUT2D eigenvalue weighted by Gasteiger charge is 2.38. The summed E-state index contributed by atoms with van der Waals surface area (Å²) < 4.78 is 33.6. The van der Waals surface area contributed by atoms with Gasteiger partial charge in [-0.2, -0.15) is 8.78 Å². The van der Waals surface area contributed by atoms with Crippen LogP contribution in [0.15, 0.2) is 24.3 Å². The minimum atomic E-state index is -2.87. The number of hydrogen-bond donors (Lipinski definition) is 2. The first-order valence-electron chi connectivity index (χ1n) is 6.70. The van der Waals surface area contributed by atoms with Crippen molar-refractivity contribution >= 4 is 24.0 Å². The molecule has 124 valence electrons. The lowest BCUT2D eigenvalue weighted by Gasteiger charge is -2.34. The third-order valence-corrected chi connectivity index (χ3v) is 3.66. The van der Waals surface area contributed by atoms with Gasteiger partial charge < -0.3 is 20.5 Å². The molecule has 1 aliphatic rings. The maximum absolute atomic E-state index is 12.4. The Balaban J connectivity index is 0.00000242. The Hall–Kier alpha value is -1.44. The lowest BCUT2D eigenvalue weighted by atomic mass is 9.79. The van der Waals surface area contributed by atoms with E-state index in [4.69, 9.17) is 10.5 Å². The Labute approximate surface area is 133 Å². The zero-order chi connectivity index (χ0) is 15.3. The van der Waals surface area contributed by atoms with Crippen LogP contribution in [-0.2, 0) is 9.53 Å². The summed E-state index contributed by atoms with van der Waals surface area (Å²) >= 11 is 0. The molecule has 5 nitrogen and oxygen atoms in total. The molecular weight excluding hydrogens is 318 g/mol. The Bertz CT molecular complexity index is 479. The van der Waals surface area contributed by atoms with Crippen molar-refractivity contribution in [1.82, 2.24) is 0 Å². The average molecular weight is 337 g/mol. The minimum Gasteiger partial charge on any atom is -0.435 e. The second-order valence-electron chi connectivity index (χ2n) is 4.95. The highest BCUT2D eigenvalue weighted by Crippen LogP contribution is 2.31. The average Bonchev–Trinajstić information content (AvgIpc) is 2.49. The number of carbonyl (C=O) groups excluding carboxylic acids is 1. The summed E-state index contributed by atoms with van der Waals surface area (Å²) in [7, 11) is 0. The van der Waals surface area contributed by atoms with Crippen LogP contribution in [0.5, 0.6) is 5.75 Å². The largest absolute Gasteiger partial charge is 0.435 e. The number of carbonyl (C=O) groups is 1. The van der Waals surface area contributed by atoms with E-state index >= 15 is 0 Å². The molecule has 0 bridgehead atoms. The molecule has 3 N–H and O–H groups in total. The highest BCUT2D eigenvalue weighted by molar-refractivity contribution is 5.95. The lowest BCUT2D eigenvalue weighted by molar-refractivity contribution is -0.130. The predicted molar refractivity (Wildman–Crippen MR) is 80.5 cm³/mol. The van der Waals surface area contributed by atoms with Gasteiger partial charge in [-0.15, -0.1) is 12.4 Å². The van der Waals surface area contributed by atoms with E-state index < -0.39 is 12.0 Å². The fraction of sp³-hybridized carbons (Fsp3) is 0.500. The molecule has 0 aromatic heterocycles. The van der Waals surface area contributed by atoms with Crippen molar-refractivity contribution in [2.75, 3.05) is 25.1 Å². The second-order valence-corrected chi connectivity index (χ2v) is 4.95. The molecule has 22 heavy (non-hydrogen) atoms. The molecule has 1 amide bonds. The zero-order valence-corrected chi connectivity index (χ0v) is 12.7. The standard InChI is InChI=1S/C14H18F2N2O3.ClH/c15-13(16)21-11-3-1-10(2-4-11)18-12(19)14(9-17)5-7-20-8-6-14;/h1-4,13H,5-9,17H2,(H,18,19);1H. The van der Waals surface area contributed by atoms with Crippen LogP contribution in [0.3, 0.4) is 0 Å². The van der Waals surface area contributed by atoms with Crippen LogP contribution in [0.2, 0.25) is 0 Å². The van der Waals surface area contributed by atoms with E-state index in [9.17, 15) is 13.6 Å². The number of nitrogens with two attached hydrogens (primary N) is 1. The summed E-state index contributed by atoms with van der Waals surface area (Å²) in [6.45, 7) is -1.61. The molecule has 0 unspecified atom stereocenters. The summed E-state index contributed by atoms with van der Waals surface area (Å²) in [5, 5.41) is 2.77. The number of alkyl halides is 2. The molecule has 1 aromatic carbocycles. The van der Waals surface area contributed by atoms with Gasteiger partial charge in [0.2, 0.25) is 5.91 Å². The van der Waals surface area contributed by atoms with Gasteiger partial charge in [0.1, 0.15) is 5.75 Å². The van der Waals surface area contributed by atoms with Crippen molar-refractivity contribution in [1.29, 1.82) is 0 Å². The van der Waals surface area contributed by atoms with E-state index in [1.807, 2.05) is 0 Å². The summed E-state index contributed by atoms with van der Waals surface area (Å²) in [5.74, 6) is -0.126. The van der Waals surface area contributed by atoms with Crippen molar-refractivity contribution in [3.63, 3.8) is 0 Å². The molecule has 0 spiro atoms. The molecule has 1 aromatic rings. The number of anilines is 1.